The molecule has 0 amide bonds. The van der Waals surface area contributed by atoms with E-state index in [0.717, 1.165) is 38.2 Å². The van der Waals surface area contributed by atoms with Crippen LogP contribution in [0.25, 0.3) is 0 Å². The monoisotopic (exact) mass is 271 g/mol. The molecule has 5 nitrogen and oxygen atoms in total. The highest BCUT2D eigenvalue weighted by atomic mass is 16.4. The molecule has 20 heavy (non-hydrogen) atoms. The first-order chi connectivity index (χ1) is 9.72. The average molecular weight is 271 g/mol. The van der Waals surface area contributed by atoms with Gasteiger partial charge >= 0.3 is 5.97 Å². The molecule has 0 fully saturated rings. The van der Waals surface area contributed by atoms with Crippen LogP contribution in [0.3, 0.4) is 0 Å². The van der Waals surface area contributed by atoms with Gasteiger partial charge in [-0.2, -0.15) is 0 Å². The van der Waals surface area contributed by atoms with Gasteiger partial charge in [-0.15, -0.1) is 0 Å². The summed E-state index contributed by atoms with van der Waals surface area (Å²) in [6, 6.07) is 5.43. The number of aromatic carboxylic acids is 1. The lowest BCUT2D eigenvalue weighted by molar-refractivity contribution is 0.0696. The first-order valence-electron chi connectivity index (χ1n) is 6.75. The van der Waals surface area contributed by atoms with Crippen LogP contribution in [0.4, 0.5) is 0 Å². The standard InChI is InChI=1S/C15H17N3O2/c19-15(20)12-2-3-13-9-18(10-14(13)8-12)6-1-5-17-7-4-16-11-17/h2-4,7-8,11H,1,5-6,9-10H2,(H,19,20). The van der Waals surface area contributed by atoms with Gasteiger partial charge in [0.05, 0.1) is 11.9 Å². The second-order valence-corrected chi connectivity index (χ2v) is 5.15. The van der Waals surface area contributed by atoms with E-state index in [9.17, 15) is 4.79 Å². The number of aromatic nitrogens is 2. The van der Waals surface area contributed by atoms with E-state index < -0.39 is 5.97 Å². The van der Waals surface area contributed by atoms with Crippen LogP contribution in [0, 0.1) is 0 Å². The minimum atomic E-state index is -0.855. The quantitative estimate of drug-likeness (QED) is 0.903. The van der Waals surface area contributed by atoms with Crippen LogP contribution >= 0.6 is 0 Å². The lowest BCUT2D eigenvalue weighted by Gasteiger charge is -2.14. The van der Waals surface area contributed by atoms with Crippen LogP contribution in [0.1, 0.15) is 27.9 Å². The average Bonchev–Trinajstić information content (AvgIpc) is 3.06. The normalized spacial score (nSPS) is 14.4. The summed E-state index contributed by atoms with van der Waals surface area (Å²) in [5, 5.41) is 9.01. The summed E-state index contributed by atoms with van der Waals surface area (Å²) in [6.07, 6.45) is 6.66. The Morgan fingerprint density at radius 1 is 1.25 bits per heavy atom. The van der Waals surface area contributed by atoms with Crippen molar-refractivity contribution in [3.05, 3.63) is 53.6 Å². The molecule has 0 bridgehead atoms. The van der Waals surface area contributed by atoms with Crippen LogP contribution in [-0.2, 0) is 19.6 Å². The molecule has 104 valence electrons. The highest BCUT2D eigenvalue weighted by Crippen LogP contribution is 2.24. The molecule has 1 N–H and O–H groups in total. The summed E-state index contributed by atoms with van der Waals surface area (Å²) >= 11 is 0. The molecule has 0 radical (unpaired) electrons. The molecule has 2 aromatic rings. The summed E-state index contributed by atoms with van der Waals surface area (Å²) in [5.41, 5.74) is 2.77. The van der Waals surface area contributed by atoms with Gasteiger partial charge in [0.2, 0.25) is 0 Å². The minimum Gasteiger partial charge on any atom is -0.478 e. The number of hydrogen-bond donors (Lipinski definition) is 1. The molecule has 0 atom stereocenters. The van der Waals surface area contributed by atoms with Gasteiger partial charge in [0, 0.05) is 38.6 Å². The van der Waals surface area contributed by atoms with Crippen LogP contribution in [0.2, 0.25) is 0 Å². The van der Waals surface area contributed by atoms with Gasteiger partial charge in [-0.05, 0) is 29.7 Å². The largest absolute Gasteiger partial charge is 0.478 e. The minimum absolute atomic E-state index is 0.379. The third-order valence-corrected chi connectivity index (χ3v) is 3.69. The van der Waals surface area contributed by atoms with Gasteiger partial charge in [0.1, 0.15) is 0 Å². The van der Waals surface area contributed by atoms with Crippen LogP contribution in [0.5, 0.6) is 0 Å². The molecule has 5 heteroatoms. The van der Waals surface area contributed by atoms with Gasteiger partial charge in [0.15, 0.2) is 0 Å². The topological polar surface area (TPSA) is 58.4 Å². The van der Waals surface area contributed by atoms with Gasteiger partial charge in [-0.3, -0.25) is 4.90 Å². The highest BCUT2D eigenvalue weighted by Gasteiger charge is 2.19. The van der Waals surface area contributed by atoms with Crippen LogP contribution in [-0.4, -0.2) is 32.1 Å². The third-order valence-electron chi connectivity index (χ3n) is 3.69. The lowest BCUT2D eigenvalue weighted by Crippen LogP contribution is -2.18. The first kappa shape index (κ1) is 12.9. The summed E-state index contributed by atoms with van der Waals surface area (Å²) in [6.45, 7) is 3.74. The Kier molecular flexibility index (Phi) is 3.52. The zero-order valence-electron chi connectivity index (χ0n) is 11.2. The fraction of sp³-hybridized carbons (Fsp3) is 0.333. The Hall–Kier alpha value is -2.14. The number of nitrogens with zero attached hydrogens (tertiary/aromatic N) is 3. The van der Waals surface area contributed by atoms with Crippen molar-refractivity contribution in [3.8, 4) is 0 Å². The molecule has 1 aromatic carbocycles. The molecular weight excluding hydrogens is 254 g/mol. The first-order valence-corrected chi connectivity index (χ1v) is 6.75. The maximum absolute atomic E-state index is 11.0. The van der Waals surface area contributed by atoms with Crippen molar-refractivity contribution >= 4 is 5.97 Å². The van der Waals surface area contributed by atoms with E-state index in [1.54, 1.807) is 18.3 Å². The maximum atomic E-state index is 11.0. The Labute approximate surface area is 117 Å². The molecule has 0 aliphatic carbocycles. The smallest absolute Gasteiger partial charge is 0.335 e. The van der Waals surface area contributed by atoms with E-state index in [1.807, 2.05) is 18.6 Å². The Balaban J connectivity index is 1.55. The predicted octanol–water partition coefficient (Wildman–Crippen LogP) is 1.99. The number of carbonyl (C=O) groups is 1. The Morgan fingerprint density at radius 3 is 2.85 bits per heavy atom. The van der Waals surface area contributed by atoms with E-state index in [2.05, 4.69) is 14.5 Å². The molecule has 0 unspecified atom stereocenters. The summed E-state index contributed by atoms with van der Waals surface area (Å²) in [7, 11) is 0. The SMILES string of the molecule is O=C(O)c1ccc2c(c1)CN(CCCn1ccnc1)C2. The molecule has 1 aliphatic heterocycles. The summed E-state index contributed by atoms with van der Waals surface area (Å²) in [4.78, 5) is 17.3. The fourth-order valence-electron chi connectivity index (χ4n) is 2.65. The molecule has 1 aromatic heterocycles. The number of benzene rings is 1. The van der Waals surface area contributed by atoms with Crippen molar-refractivity contribution in [1.29, 1.82) is 0 Å². The molecule has 3 rings (SSSR count). The molecule has 0 spiro atoms. The van der Waals surface area contributed by atoms with E-state index in [0.29, 0.717) is 5.56 Å². The molecule has 2 heterocycles. The number of carboxylic acid groups (broad SMARTS) is 1. The van der Waals surface area contributed by atoms with Crippen molar-refractivity contribution in [3.63, 3.8) is 0 Å². The Bertz CT molecular complexity index is 608. The van der Waals surface area contributed by atoms with Gasteiger partial charge in [0.25, 0.3) is 0 Å². The second-order valence-electron chi connectivity index (χ2n) is 5.15. The number of hydrogen-bond acceptors (Lipinski definition) is 3. The molecular formula is C15H17N3O2. The summed E-state index contributed by atoms with van der Waals surface area (Å²) in [5.74, 6) is -0.855. The van der Waals surface area contributed by atoms with Crippen LogP contribution in [0.15, 0.2) is 36.9 Å². The molecule has 0 saturated carbocycles. The van der Waals surface area contributed by atoms with E-state index in [-0.39, 0.29) is 0 Å². The Morgan fingerprint density at radius 2 is 2.10 bits per heavy atom. The zero-order valence-corrected chi connectivity index (χ0v) is 11.2. The molecule has 0 saturated heterocycles. The van der Waals surface area contributed by atoms with Gasteiger partial charge in [-0.25, -0.2) is 9.78 Å². The van der Waals surface area contributed by atoms with E-state index in [4.69, 9.17) is 5.11 Å². The number of aryl methyl sites for hydroxylation is 1. The number of imidazole rings is 1. The van der Waals surface area contributed by atoms with Crippen molar-refractivity contribution in [1.82, 2.24) is 14.5 Å². The van der Waals surface area contributed by atoms with Crippen molar-refractivity contribution in [2.24, 2.45) is 0 Å². The van der Waals surface area contributed by atoms with E-state index in [1.165, 1.54) is 5.56 Å². The van der Waals surface area contributed by atoms with E-state index >= 15 is 0 Å². The van der Waals surface area contributed by atoms with Crippen molar-refractivity contribution in [2.45, 2.75) is 26.1 Å². The highest BCUT2D eigenvalue weighted by molar-refractivity contribution is 5.87. The number of carboxylic acids is 1. The van der Waals surface area contributed by atoms with Crippen LogP contribution < -0.4 is 0 Å². The maximum Gasteiger partial charge on any atom is 0.335 e. The second kappa shape index (κ2) is 5.46. The number of fused-ring (bicyclic) bond motifs is 1. The lowest BCUT2D eigenvalue weighted by atomic mass is 10.1. The summed E-state index contributed by atoms with van der Waals surface area (Å²) < 4.78 is 2.08. The predicted molar refractivity (Wildman–Crippen MR) is 74.4 cm³/mol. The molecule has 1 aliphatic rings. The fourth-order valence-corrected chi connectivity index (χ4v) is 2.65. The number of rotatable bonds is 5. The zero-order chi connectivity index (χ0) is 13.9. The third kappa shape index (κ3) is 2.72. The van der Waals surface area contributed by atoms with Crippen molar-refractivity contribution in [2.75, 3.05) is 6.54 Å². The van der Waals surface area contributed by atoms with Crippen molar-refractivity contribution < 1.29 is 9.90 Å². The van der Waals surface area contributed by atoms with Gasteiger partial charge in [-0.1, -0.05) is 6.07 Å². The van der Waals surface area contributed by atoms with Gasteiger partial charge < -0.3 is 9.67 Å².